The van der Waals surface area contributed by atoms with Crippen LogP contribution < -0.4 is 0 Å². The molecule has 0 fully saturated rings. The number of esters is 4. The molecule has 0 saturated carbocycles. The van der Waals surface area contributed by atoms with Gasteiger partial charge in [0.15, 0.2) is 12.2 Å². The highest BCUT2D eigenvalue weighted by Crippen LogP contribution is 2.45. The van der Waals surface area contributed by atoms with Gasteiger partial charge in [-0.3, -0.25) is 37.3 Å². The van der Waals surface area contributed by atoms with Gasteiger partial charge in [0.25, 0.3) is 0 Å². The average Bonchev–Trinajstić information content (AvgIpc) is 1.64. The van der Waals surface area contributed by atoms with Gasteiger partial charge in [-0.1, -0.05) is 337 Å². The van der Waals surface area contributed by atoms with Crippen LogP contribution in [0.3, 0.4) is 0 Å². The van der Waals surface area contributed by atoms with Crippen molar-refractivity contribution in [3.05, 3.63) is 0 Å². The van der Waals surface area contributed by atoms with Crippen molar-refractivity contribution in [2.45, 2.75) is 407 Å². The summed E-state index contributed by atoms with van der Waals surface area (Å²) in [6, 6.07) is 0. The molecule has 0 aliphatic rings. The van der Waals surface area contributed by atoms with Gasteiger partial charge < -0.3 is 33.8 Å². The third-order valence-electron chi connectivity index (χ3n) is 17.6. The molecule has 0 saturated heterocycles. The number of hydrogen-bond donors (Lipinski definition) is 3. The Morgan fingerprint density at radius 2 is 0.484 bits per heavy atom. The number of aliphatic hydroxyl groups excluding tert-OH is 1. The first-order chi connectivity index (χ1) is 45.7. The van der Waals surface area contributed by atoms with Crippen molar-refractivity contribution in [2.24, 2.45) is 17.8 Å². The second kappa shape index (κ2) is 66.6. The number of unbranched alkanes of at least 4 members (excludes halogenated alkanes) is 42. The van der Waals surface area contributed by atoms with Gasteiger partial charge in [0.2, 0.25) is 0 Å². The fourth-order valence-corrected chi connectivity index (χ4v) is 13.2. The van der Waals surface area contributed by atoms with E-state index in [-0.39, 0.29) is 25.7 Å². The molecule has 5 atom stereocenters. The maximum atomic E-state index is 13.1. The molecule has 0 aliphatic carbocycles. The second-order valence-corrected chi connectivity index (χ2v) is 31.7. The van der Waals surface area contributed by atoms with E-state index >= 15 is 0 Å². The van der Waals surface area contributed by atoms with Crippen LogP contribution in [0.5, 0.6) is 0 Å². The van der Waals surface area contributed by atoms with Crippen molar-refractivity contribution in [3.63, 3.8) is 0 Å². The molecule has 19 heteroatoms. The molecule has 0 aromatic rings. The number of ether oxygens (including phenoxy) is 4. The Balaban J connectivity index is 5.20. The standard InChI is InChI=1S/C76H148O17P2/c1-8-9-10-11-12-13-14-15-16-17-21-24-27-30-35-43-50-57-73(78)86-63-71(92-75(80)59-52-45-36-31-28-25-22-19-18-20-23-26-29-33-40-47-54-67(2)3)65-90-94(82,83)88-61-70(77)62-89-95(84,85)91-66-72(64-87-74(79)58-51-44-39-38-42-49-56-69(6)7)93-76(81)60-53-46-37-32-34-41-48-55-68(4)5/h67-72,77H,8-66H2,1-7H3,(H,82,83)(H,84,85)/t70-,71-,72-/m1/s1. The third-order valence-corrected chi connectivity index (χ3v) is 19.5. The fraction of sp³-hybridized carbons (Fsp3) is 0.947. The first-order valence-electron chi connectivity index (χ1n) is 39.3. The summed E-state index contributed by atoms with van der Waals surface area (Å²) in [4.78, 5) is 72.7. The molecule has 2 unspecified atom stereocenters. The number of phosphoric acid groups is 2. The summed E-state index contributed by atoms with van der Waals surface area (Å²) in [5.74, 6) is 0.0619. The summed E-state index contributed by atoms with van der Waals surface area (Å²) in [6.45, 7) is 11.8. The number of hydrogen-bond acceptors (Lipinski definition) is 15. The van der Waals surface area contributed by atoms with Crippen LogP contribution >= 0.6 is 15.6 Å². The van der Waals surface area contributed by atoms with Gasteiger partial charge in [0.1, 0.15) is 19.3 Å². The molecule has 0 aromatic heterocycles. The highest BCUT2D eigenvalue weighted by molar-refractivity contribution is 7.47. The van der Waals surface area contributed by atoms with E-state index in [1.807, 2.05) is 0 Å². The maximum Gasteiger partial charge on any atom is 0.472 e. The zero-order valence-electron chi connectivity index (χ0n) is 62.1. The molecule has 0 radical (unpaired) electrons. The van der Waals surface area contributed by atoms with E-state index in [1.165, 1.54) is 193 Å². The topological polar surface area (TPSA) is 237 Å². The quantitative estimate of drug-likeness (QED) is 0.0222. The van der Waals surface area contributed by atoms with Crippen molar-refractivity contribution in [1.29, 1.82) is 0 Å². The molecule has 0 rings (SSSR count). The first-order valence-corrected chi connectivity index (χ1v) is 42.3. The summed E-state index contributed by atoms with van der Waals surface area (Å²) in [6.07, 6.45) is 53.1. The molecule has 3 N–H and O–H groups in total. The van der Waals surface area contributed by atoms with E-state index in [0.717, 1.165) is 102 Å². The molecule has 564 valence electrons. The normalized spacial score (nSPS) is 14.1. The van der Waals surface area contributed by atoms with Crippen molar-refractivity contribution in [2.75, 3.05) is 39.6 Å². The van der Waals surface area contributed by atoms with Crippen LogP contribution in [-0.4, -0.2) is 96.7 Å². The predicted octanol–water partition coefficient (Wildman–Crippen LogP) is 22.2. The van der Waals surface area contributed by atoms with E-state index in [1.54, 1.807) is 0 Å². The van der Waals surface area contributed by atoms with Gasteiger partial charge in [-0.15, -0.1) is 0 Å². The van der Waals surface area contributed by atoms with E-state index in [4.69, 9.17) is 37.0 Å². The van der Waals surface area contributed by atoms with Gasteiger partial charge in [0.05, 0.1) is 26.4 Å². The van der Waals surface area contributed by atoms with Crippen LogP contribution in [0.4, 0.5) is 0 Å². The zero-order valence-corrected chi connectivity index (χ0v) is 63.9. The first kappa shape index (κ1) is 93.1. The zero-order chi connectivity index (χ0) is 70.1. The van der Waals surface area contributed by atoms with Crippen molar-refractivity contribution < 1.29 is 80.2 Å². The lowest BCUT2D eigenvalue weighted by molar-refractivity contribution is -0.161. The number of carbonyl (C=O) groups excluding carboxylic acids is 4. The molecule has 0 aliphatic heterocycles. The average molecular weight is 1400 g/mol. The Morgan fingerprint density at radius 3 is 0.716 bits per heavy atom. The number of aliphatic hydroxyl groups is 1. The van der Waals surface area contributed by atoms with E-state index in [2.05, 4.69) is 48.5 Å². The smallest absolute Gasteiger partial charge is 0.462 e. The molecule has 0 amide bonds. The summed E-state index contributed by atoms with van der Waals surface area (Å²) < 4.78 is 68.4. The largest absolute Gasteiger partial charge is 0.472 e. The van der Waals surface area contributed by atoms with Crippen LogP contribution in [0.15, 0.2) is 0 Å². The van der Waals surface area contributed by atoms with Crippen molar-refractivity contribution in [1.82, 2.24) is 0 Å². The summed E-state index contributed by atoms with van der Waals surface area (Å²) >= 11 is 0. The van der Waals surface area contributed by atoms with Crippen LogP contribution in [0.2, 0.25) is 0 Å². The predicted molar refractivity (Wildman–Crippen MR) is 386 cm³/mol. The molecule has 17 nitrogen and oxygen atoms in total. The molecule has 0 spiro atoms. The summed E-state index contributed by atoms with van der Waals surface area (Å²) in [5, 5.41) is 10.6. The third kappa shape index (κ3) is 70.3. The minimum absolute atomic E-state index is 0.102. The number of phosphoric ester groups is 2. The second-order valence-electron chi connectivity index (χ2n) is 28.8. The Kier molecular flexibility index (Phi) is 65.2. The monoisotopic (exact) mass is 1400 g/mol. The SMILES string of the molecule is CCCCCCCCCCCCCCCCCCCC(=O)OC[C@H](COP(=O)(O)OC[C@@H](O)COP(=O)(O)OC[C@@H](COC(=O)CCCCCCCCC(C)C)OC(=O)CCCCCCCCCC(C)C)OC(=O)CCCCCCCCCCCCCCCCCCC(C)C. The Morgan fingerprint density at radius 1 is 0.284 bits per heavy atom. The Bertz CT molecular complexity index is 1850. The summed E-state index contributed by atoms with van der Waals surface area (Å²) in [5.41, 5.74) is 0. The number of rotatable bonds is 74. The molecule has 0 heterocycles. The number of carbonyl (C=O) groups is 4. The fourth-order valence-electron chi connectivity index (χ4n) is 11.6. The lowest BCUT2D eigenvalue weighted by Gasteiger charge is -2.21. The van der Waals surface area contributed by atoms with E-state index in [0.29, 0.717) is 37.5 Å². The van der Waals surface area contributed by atoms with E-state index < -0.39 is 97.5 Å². The molecular formula is C76H148O17P2. The Labute approximate surface area is 581 Å². The van der Waals surface area contributed by atoms with Gasteiger partial charge >= 0.3 is 39.5 Å². The summed E-state index contributed by atoms with van der Waals surface area (Å²) in [7, 11) is -9.91. The van der Waals surface area contributed by atoms with Gasteiger partial charge in [0, 0.05) is 25.7 Å². The van der Waals surface area contributed by atoms with Crippen molar-refractivity contribution >= 4 is 39.5 Å². The minimum Gasteiger partial charge on any atom is -0.462 e. The lowest BCUT2D eigenvalue weighted by Crippen LogP contribution is -2.30. The van der Waals surface area contributed by atoms with Crippen LogP contribution in [-0.2, 0) is 65.4 Å². The minimum atomic E-state index is -4.96. The van der Waals surface area contributed by atoms with Crippen molar-refractivity contribution in [3.8, 4) is 0 Å². The van der Waals surface area contributed by atoms with Gasteiger partial charge in [-0.2, -0.15) is 0 Å². The maximum absolute atomic E-state index is 13.1. The Hall–Kier alpha value is -1.94. The molecule has 0 bridgehead atoms. The van der Waals surface area contributed by atoms with Crippen LogP contribution in [0, 0.1) is 17.8 Å². The van der Waals surface area contributed by atoms with Crippen LogP contribution in [0.25, 0.3) is 0 Å². The molecular weight excluding hydrogens is 1250 g/mol. The highest BCUT2D eigenvalue weighted by Gasteiger charge is 2.30. The van der Waals surface area contributed by atoms with Gasteiger partial charge in [-0.05, 0) is 43.4 Å². The molecule has 0 aromatic carbocycles. The van der Waals surface area contributed by atoms with Crippen LogP contribution in [0.1, 0.15) is 389 Å². The molecule has 95 heavy (non-hydrogen) atoms. The highest BCUT2D eigenvalue weighted by atomic mass is 31.2. The van der Waals surface area contributed by atoms with Gasteiger partial charge in [-0.25, -0.2) is 9.13 Å². The van der Waals surface area contributed by atoms with E-state index in [9.17, 15) is 43.2 Å². The lowest BCUT2D eigenvalue weighted by atomic mass is 10.0.